The monoisotopic (exact) mass is 336 g/mol. The Balaban J connectivity index is 1.81. The van der Waals surface area contributed by atoms with E-state index in [0.717, 1.165) is 37.8 Å². The number of aromatic nitrogens is 2. The number of rotatable bonds is 6. The van der Waals surface area contributed by atoms with Crippen LogP contribution in [-0.2, 0) is 16.6 Å². The van der Waals surface area contributed by atoms with Gasteiger partial charge in [0.1, 0.15) is 6.54 Å². The molecule has 2 rings (SSSR count). The molecule has 1 saturated heterocycles. The second-order valence-corrected chi connectivity index (χ2v) is 6.09. The van der Waals surface area contributed by atoms with Crippen molar-refractivity contribution in [3.63, 3.8) is 0 Å². The summed E-state index contributed by atoms with van der Waals surface area (Å²) in [6.07, 6.45) is 4.73. The number of aliphatic imine (C=N–C) groups is 1. The molecule has 8 nitrogen and oxygen atoms in total. The third-order valence-corrected chi connectivity index (χ3v) is 3.79. The van der Waals surface area contributed by atoms with Crippen molar-refractivity contribution in [3.05, 3.63) is 12.4 Å². The highest BCUT2D eigenvalue weighted by Gasteiger charge is 2.27. The largest absolute Gasteiger partial charge is 0.379 e. The second-order valence-electron chi connectivity index (χ2n) is 6.09. The number of carbonyl (C=O) groups is 1. The summed E-state index contributed by atoms with van der Waals surface area (Å²) in [5, 5.41) is 7.43. The topological polar surface area (TPSA) is 75.0 Å². The minimum absolute atomic E-state index is 0.0559. The molecule has 0 saturated carbocycles. The molecular weight excluding hydrogens is 308 g/mol. The maximum absolute atomic E-state index is 12.4. The fraction of sp³-hybridized carbons (Fsp3) is 0.688. The van der Waals surface area contributed by atoms with E-state index in [2.05, 4.69) is 15.4 Å². The summed E-state index contributed by atoms with van der Waals surface area (Å²) in [6.45, 7) is 7.23. The van der Waals surface area contributed by atoms with Gasteiger partial charge in [-0.05, 0) is 20.3 Å². The Kier molecular flexibility index (Phi) is 6.60. The first-order chi connectivity index (χ1) is 11.5. The van der Waals surface area contributed by atoms with Crippen molar-refractivity contribution in [1.29, 1.82) is 0 Å². The standard InChI is InChI=1S/C16H28N6O2/c1-13(2)24-9-5-6-18-16(17-3)21-7-8-22(15(23)12-21)14-10-19-20(4)11-14/h10-11,13H,5-9,12H2,1-4H3,(H,17,18). The molecule has 0 unspecified atom stereocenters. The van der Waals surface area contributed by atoms with Crippen LogP contribution in [0.15, 0.2) is 17.4 Å². The lowest BCUT2D eigenvalue weighted by Gasteiger charge is -2.35. The maximum atomic E-state index is 12.4. The van der Waals surface area contributed by atoms with Gasteiger partial charge in [0, 0.05) is 46.5 Å². The third kappa shape index (κ3) is 4.95. The number of anilines is 1. The van der Waals surface area contributed by atoms with E-state index in [4.69, 9.17) is 4.74 Å². The van der Waals surface area contributed by atoms with Crippen molar-refractivity contribution in [3.8, 4) is 0 Å². The zero-order valence-electron chi connectivity index (χ0n) is 15.0. The number of ether oxygens (including phenoxy) is 1. The molecule has 1 aromatic heterocycles. The Morgan fingerprint density at radius 3 is 2.83 bits per heavy atom. The molecule has 1 aromatic rings. The van der Waals surface area contributed by atoms with Crippen LogP contribution in [-0.4, -0.2) is 72.5 Å². The molecule has 1 amide bonds. The zero-order valence-corrected chi connectivity index (χ0v) is 15.0. The van der Waals surface area contributed by atoms with E-state index in [1.165, 1.54) is 0 Å². The van der Waals surface area contributed by atoms with Crippen molar-refractivity contribution in [2.75, 3.05) is 44.7 Å². The van der Waals surface area contributed by atoms with Crippen LogP contribution >= 0.6 is 0 Å². The minimum Gasteiger partial charge on any atom is -0.379 e. The van der Waals surface area contributed by atoms with E-state index >= 15 is 0 Å². The molecule has 1 aliphatic heterocycles. The molecule has 0 spiro atoms. The number of hydrogen-bond acceptors (Lipinski definition) is 4. The highest BCUT2D eigenvalue weighted by atomic mass is 16.5. The highest BCUT2D eigenvalue weighted by Crippen LogP contribution is 2.15. The van der Waals surface area contributed by atoms with Gasteiger partial charge < -0.3 is 19.9 Å². The molecule has 0 radical (unpaired) electrons. The number of piperazine rings is 1. The van der Waals surface area contributed by atoms with Gasteiger partial charge >= 0.3 is 0 Å². The third-order valence-electron chi connectivity index (χ3n) is 3.79. The van der Waals surface area contributed by atoms with Gasteiger partial charge in [-0.1, -0.05) is 0 Å². The summed E-state index contributed by atoms with van der Waals surface area (Å²) in [5.74, 6) is 0.819. The Hall–Kier alpha value is -2.09. The average Bonchev–Trinajstić information content (AvgIpc) is 2.96. The van der Waals surface area contributed by atoms with Crippen LogP contribution < -0.4 is 10.2 Å². The van der Waals surface area contributed by atoms with Crippen LogP contribution in [0, 0.1) is 0 Å². The number of carbonyl (C=O) groups excluding carboxylic acids is 1. The summed E-state index contributed by atoms with van der Waals surface area (Å²) >= 11 is 0. The van der Waals surface area contributed by atoms with Gasteiger partial charge in [0.05, 0.1) is 18.0 Å². The molecule has 8 heteroatoms. The highest BCUT2D eigenvalue weighted by molar-refractivity contribution is 5.98. The fourth-order valence-corrected chi connectivity index (χ4v) is 2.60. The van der Waals surface area contributed by atoms with Crippen LogP contribution in [0.4, 0.5) is 5.69 Å². The predicted molar refractivity (Wildman–Crippen MR) is 94.2 cm³/mol. The number of aryl methyl sites for hydroxylation is 1. The van der Waals surface area contributed by atoms with E-state index in [1.54, 1.807) is 22.8 Å². The first kappa shape index (κ1) is 18.3. The van der Waals surface area contributed by atoms with Gasteiger partial charge in [-0.3, -0.25) is 14.5 Å². The Morgan fingerprint density at radius 1 is 1.46 bits per heavy atom. The van der Waals surface area contributed by atoms with Gasteiger partial charge in [0.2, 0.25) is 5.91 Å². The summed E-state index contributed by atoms with van der Waals surface area (Å²) in [5.41, 5.74) is 0.843. The molecule has 1 fully saturated rings. The lowest BCUT2D eigenvalue weighted by Crippen LogP contribution is -2.55. The minimum atomic E-state index is 0.0559. The lowest BCUT2D eigenvalue weighted by atomic mass is 10.3. The molecule has 0 aliphatic carbocycles. The fourth-order valence-electron chi connectivity index (χ4n) is 2.60. The predicted octanol–water partition coefficient (Wildman–Crippen LogP) is 0.459. The molecule has 134 valence electrons. The molecule has 1 aliphatic rings. The molecule has 0 aromatic carbocycles. The van der Waals surface area contributed by atoms with Crippen LogP contribution in [0.3, 0.4) is 0 Å². The van der Waals surface area contributed by atoms with Crippen molar-refractivity contribution in [2.45, 2.75) is 26.4 Å². The van der Waals surface area contributed by atoms with E-state index < -0.39 is 0 Å². The molecule has 0 bridgehead atoms. The summed E-state index contributed by atoms with van der Waals surface area (Å²) in [7, 11) is 3.59. The molecular formula is C16H28N6O2. The van der Waals surface area contributed by atoms with Gasteiger partial charge in [0.25, 0.3) is 0 Å². The average molecular weight is 336 g/mol. The zero-order chi connectivity index (χ0) is 17.5. The van der Waals surface area contributed by atoms with Crippen LogP contribution in [0.1, 0.15) is 20.3 Å². The van der Waals surface area contributed by atoms with E-state index in [1.807, 2.05) is 32.0 Å². The smallest absolute Gasteiger partial charge is 0.246 e. The van der Waals surface area contributed by atoms with Crippen LogP contribution in [0.5, 0.6) is 0 Å². The van der Waals surface area contributed by atoms with Gasteiger partial charge in [-0.2, -0.15) is 5.10 Å². The Morgan fingerprint density at radius 2 is 2.25 bits per heavy atom. The SMILES string of the molecule is CN=C(NCCCOC(C)C)N1CCN(c2cnn(C)c2)C(=O)C1. The van der Waals surface area contributed by atoms with Crippen molar-refractivity contribution in [2.24, 2.45) is 12.0 Å². The first-order valence-electron chi connectivity index (χ1n) is 8.37. The summed E-state index contributed by atoms with van der Waals surface area (Å²) in [4.78, 5) is 20.5. The number of amides is 1. The van der Waals surface area contributed by atoms with Crippen molar-refractivity contribution >= 4 is 17.6 Å². The number of nitrogens with one attached hydrogen (secondary N) is 1. The molecule has 0 atom stereocenters. The maximum Gasteiger partial charge on any atom is 0.246 e. The van der Waals surface area contributed by atoms with Crippen molar-refractivity contribution in [1.82, 2.24) is 20.0 Å². The van der Waals surface area contributed by atoms with Gasteiger partial charge in [-0.15, -0.1) is 0 Å². The van der Waals surface area contributed by atoms with Crippen LogP contribution in [0.2, 0.25) is 0 Å². The van der Waals surface area contributed by atoms with Gasteiger partial charge in [-0.25, -0.2) is 0 Å². The Bertz CT molecular complexity index is 569. The second kappa shape index (κ2) is 8.68. The molecule has 1 N–H and O–H groups in total. The number of hydrogen-bond donors (Lipinski definition) is 1. The summed E-state index contributed by atoms with van der Waals surface area (Å²) in [6, 6.07) is 0. The number of guanidine groups is 1. The van der Waals surface area contributed by atoms with E-state index in [-0.39, 0.29) is 12.0 Å². The normalized spacial score (nSPS) is 16.2. The van der Waals surface area contributed by atoms with Crippen LogP contribution in [0.25, 0.3) is 0 Å². The molecule has 2 heterocycles. The summed E-state index contributed by atoms with van der Waals surface area (Å²) < 4.78 is 7.23. The van der Waals surface area contributed by atoms with Crippen molar-refractivity contribution < 1.29 is 9.53 Å². The van der Waals surface area contributed by atoms with Gasteiger partial charge in [0.15, 0.2) is 5.96 Å². The Labute approximate surface area is 143 Å². The lowest BCUT2D eigenvalue weighted by molar-refractivity contribution is -0.120. The quantitative estimate of drug-likeness (QED) is 0.464. The first-order valence-corrected chi connectivity index (χ1v) is 8.37. The van der Waals surface area contributed by atoms with E-state index in [0.29, 0.717) is 13.1 Å². The van der Waals surface area contributed by atoms with E-state index in [9.17, 15) is 4.79 Å². The molecule has 24 heavy (non-hydrogen) atoms. The number of nitrogens with zero attached hydrogens (tertiary/aromatic N) is 5.